The maximum atomic E-state index is 14.0. The zero-order valence-corrected chi connectivity index (χ0v) is 27.0. The summed E-state index contributed by atoms with van der Waals surface area (Å²) in [7, 11) is 1.57. The Balaban J connectivity index is 1.53. The fourth-order valence-corrected chi connectivity index (χ4v) is 5.80. The molecule has 0 saturated heterocycles. The van der Waals surface area contributed by atoms with Gasteiger partial charge in [0.15, 0.2) is 0 Å². The number of β-amino-alcohol motifs (C(OH)–C–C–N with tert-alkyl or cyclic N) is 1. The molecule has 0 fully saturated rings. The molecule has 0 aromatic heterocycles. The van der Waals surface area contributed by atoms with Crippen molar-refractivity contribution in [2.45, 2.75) is 62.4 Å². The van der Waals surface area contributed by atoms with Crippen molar-refractivity contribution in [2.75, 3.05) is 31.8 Å². The molecule has 1 aliphatic heterocycles. The van der Waals surface area contributed by atoms with E-state index in [9.17, 15) is 19.5 Å². The number of benzene rings is 3. The largest absolute Gasteiger partial charge is 0.394 e. The molecule has 1 aliphatic rings. The first-order valence-electron chi connectivity index (χ1n) is 15.0. The Hall–Kier alpha value is -3.90. The van der Waals surface area contributed by atoms with Crippen molar-refractivity contribution in [2.24, 2.45) is 0 Å². The van der Waals surface area contributed by atoms with Crippen molar-refractivity contribution in [3.05, 3.63) is 83.4 Å². The molecule has 3 aromatic rings. The summed E-state index contributed by atoms with van der Waals surface area (Å²) in [4.78, 5) is 42.0. The lowest BCUT2D eigenvalue weighted by atomic mass is 9.98. The zero-order valence-electron chi connectivity index (χ0n) is 26.2. The standard InChI is InChI=1S/C34H43N5O5S/c1-34(2,36-18-26(41)21-40)17-31(42)37-30-16-25-15-27(45-4)14-13-24(25)20-39(32(30)43)19-22-9-11-23(12-10-22)28-7-5-6-8-29(28)38-33(44)35-3/h5-15,26,30,36,40-41H,16-21H2,1-4H3,(H,37,42)(H2,35,38,44)/t26-,30+/m0/s1. The van der Waals surface area contributed by atoms with Crippen LogP contribution in [-0.2, 0) is 29.1 Å². The summed E-state index contributed by atoms with van der Waals surface area (Å²) in [6, 6.07) is 20.6. The number of nitrogens with zero attached hydrogens (tertiary/aromatic N) is 1. The maximum Gasteiger partial charge on any atom is 0.318 e. The normalized spacial score (nSPS) is 15.6. The molecule has 10 nitrogen and oxygen atoms in total. The zero-order chi connectivity index (χ0) is 32.6. The van der Waals surface area contributed by atoms with Gasteiger partial charge in [-0.2, -0.15) is 0 Å². The number of aliphatic hydroxyl groups is 2. The summed E-state index contributed by atoms with van der Waals surface area (Å²) < 4.78 is 0. The molecule has 3 aromatic carbocycles. The second-order valence-electron chi connectivity index (χ2n) is 11.9. The van der Waals surface area contributed by atoms with Crippen LogP contribution in [0.25, 0.3) is 11.1 Å². The first-order chi connectivity index (χ1) is 21.5. The summed E-state index contributed by atoms with van der Waals surface area (Å²) in [5.41, 5.74) is 4.85. The van der Waals surface area contributed by atoms with Crippen LogP contribution in [0, 0.1) is 0 Å². The van der Waals surface area contributed by atoms with Crippen molar-refractivity contribution in [1.82, 2.24) is 20.9 Å². The van der Waals surface area contributed by atoms with Gasteiger partial charge in [0.1, 0.15) is 6.04 Å². The highest BCUT2D eigenvalue weighted by Gasteiger charge is 2.32. The number of aliphatic hydroxyl groups excluding tert-OH is 2. The predicted octanol–water partition coefficient (Wildman–Crippen LogP) is 3.51. The number of anilines is 1. The Morgan fingerprint density at radius 3 is 2.49 bits per heavy atom. The van der Waals surface area contributed by atoms with Gasteiger partial charge in [-0.1, -0.05) is 48.5 Å². The van der Waals surface area contributed by atoms with Gasteiger partial charge >= 0.3 is 6.03 Å². The van der Waals surface area contributed by atoms with E-state index in [1.807, 2.05) is 68.6 Å². The molecular formula is C34H43N5O5S. The SMILES string of the molecule is CNC(=O)Nc1ccccc1-c1ccc(CN2Cc3ccc(SC)cc3C[C@@H](NC(=O)CC(C)(C)NC[C@H](O)CO)C2=O)cc1. The van der Waals surface area contributed by atoms with Gasteiger partial charge in [-0.15, -0.1) is 11.8 Å². The van der Waals surface area contributed by atoms with Crippen molar-refractivity contribution >= 4 is 35.3 Å². The van der Waals surface area contributed by atoms with E-state index in [1.54, 1.807) is 23.7 Å². The van der Waals surface area contributed by atoms with Gasteiger partial charge in [-0.05, 0) is 60.6 Å². The van der Waals surface area contributed by atoms with Crippen molar-refractivity contribution in [3.63, 3.8) is 0 Å². The Bertz CT molecular complexity index is 1500. The molecular weight excluding hydrogens is 590 g/mol. The van der Waals surface area contributed by atoms with Gasteiger partial charge in [-0.3, -0.25) is 9.59 Å². The van der Waals surface area contributed by atoms with Crippen LogP contribution in [0.5, 0.6) is 0 Å². The molecule has 6 N–H and O–H groups in total. The van der Waals surface area contributed by atoms with Crippen molar-refractivity contribution in [3.8, 4) is 11.1 Å². The van der Waals surface area contributed by atoms with E-state index < -0.39 is 17.7 Å². The highest BCUT2D eigenvalue weighted by molar-refractivity contribution is 7.98. The number of fused-ring (bicyclic) bond motifs is 1. The molecule has 4 amide bonds. The number of urea groups is 1. The number of para-hydroxylation sites is 1. The maximum absolute atomic E-state index is 14.0. The topological polar surface area (TPSA) is 143 Å². The van der Waals surface area contributed by atoms with E-state index in [2.05, 4.69) is 39.5 Å². The minimum atomic E-state index is -0.922. The third-order valence-corrected chi connectivity index (χ3v) is 8.54. The molecule has 4 rings (SSSR count). The molecule has 0 saturated carbocycles. The van der Waals surface area contributed by atoms with Crippen LogP contribution >= 0.6 is 11.8 Å². The molecule has 0 aliphatic carbocycles. The van der Waals surface area contributed by atoms with Crippen LogP contribution in [-0.4, -0.2) is 77.1 Å². The van der Waals surface area contributed by atoms with Crippen LogP contribution < -0.4 is 21.3 Å². The van der Waals surface area contributed by atoms with Gasteiger partial charge in [0.25, 0.3) is 0 Å². The van der Waals surface area contributed by atoms with E-state index in [0.29, 0.717) is 25.2 Å². The summed E-state index contributed by atoms with van der Waals surface area (Å²) in [5, 5.41) is 30.4. The van der Waals surface area contributed by atoms with Crippen LogP contribution in [0.2, 0.25) is 0 Å². The molecule has 0 radical (unpaired) electrons. The van der Waals surface area contributed by atoms with E-state index in [1.165, 1.54) is 0 Å². The van der Waals surface area contributed by atoms with Gasteiger partial charge in [0, 0.05) is 55.5 Å². The number of carbonyl (C=O) groups excluding carboxylic acids is 3. The van der Waals surface area contributed by atoms with E-state index in [4.69, 9.17) is 5.11 Å². The average Bonchev–Trinajstić information content (AvgIpc) is 3.15. The summed E-state index contributed by atoms with van der Waals surface area (Å²) in [6.07, 6.45) is 1.56. The lowest BCUT2D eigenvalue weighted by molar-refractivity contribution is -0.137. The third-order valence-electron chi connectivity index (χ3n) is 7.81. The van der Waals surface area contributed by atoms with Crippen LogP contribution in [0.1, 0.15) is 37.0 Å². The Morgan fingerprint density at radius 2 is 1.80 bits per heavy atom. The van der Waals surface area contributed by atoms with Gasteiger partial charge < -0.3 is 36.4 Å². The molecule has 0 bridgehead atoms. The first-order valence-corrected chi connectivity index (χ1v) is 16.2. The lowest BCUT2D eigenvalue weighted by Gasteiger charge is -2.29. The summed E-state index contributed by atoms with van der Waals surface area (Å²) in [5.74, 6) is -0.432. The quantitative estimate of drug-likeness (QED) is 0.168. The first kappa shape index (κ1) is 34.0. The van der Waals surface area contributed by atoms with Crippen molar-refractivity contribution in [1.29, 1.82) is 0 Å². The molecule has 0 unspecified atom stereocenters. The van der Waals surface area contributed by atoms with Crippen LogP contribution in [0.4, 0.5) is 10.5 Å². The Kier molecular flexibility index (Phi) is 11.6. The molecule has 0 spiro atoms. The molecule has 11 heteroatoms. The average molecular weight is 634 g/mol. The highest BCUT2D eigenvalue weighted by Crippen LogP contribution is 2.30. The highest BCUT2D eigenvalue weighted by atomic mass is 32.2. The smallest absolute Gasteiger partial charge is 0.318 e. The van der Waals surface area contributed by atoms with Gasteiger partial charge in [-0.25, -0.2) is 4.79 Å². The number of rotatable bonds is 12. The third kappa shape index (κ3) is 9.30. The monoisotopic (exact) mass is 633 g/mol. The Labute approximate surface area is 269 Å². The van der Waals surface area contributed by atoms with E-state index in [0.717, 1.165) is 32.7 Å². The Morgan fingerprint density at radius 1 is 1.07 bits per heavy atom. The number of thioether (sulfide) groups is 1. The lowest BCUT2D eigenvalue weighted by Crippen LogP contribution is -2.51. The summed E-state index contributed by atoms with van der Waals surface area (Å²) >= 11 is 1.63. The molecule has 45 heavy (non-hydrogen) atoms. The van der Waals surface area contributed by atoms with E-state index >= 15 is 0 Å². The van der Waals surface area contributed by atoms with Gasteiger partial charge in [0.05, 0.1) is 18.4 Å². The van der Waals surface area contributed by atoms with Crippen LogP contribution in [0.15, 0.2) is 71.6 Å². The van der Waals surface area contributed by atoms with E-state index in [-0.39, 0.29) is 37.4 Å². The minimum Gasteiger partial charge on any atom is -0.394 e. The van der Waals surface area contributed by atoms with Crippen molar-refractivity contribution < 1.29 is 24.6 Å². The predicted molar refractivity (Wildman–Crippen MR) is 178 cm³/mol. The number of nitrogens with one attached hydrogen (secondary N) is 4. The minimum absolute atomic E-state index is 0.0876. The molecule has 2 atom stereocenters. The fraction of sp³-hybridized carbons (Fsp3) is 0.382. The van der Waals surface area contributed by atoms with Gasteiger partial charge in [0.2, 0.25) is 11.8 Å². The number of hydrogen-bond acceptors (Lipinski definition) is 7. The molecule has 1 heterocycles. The number of amides is 4. The second-order valence-corrected chi connectivity index (χ2v) is 12.8. The number of carbonyl (C=O) groups is 3. The fourth-order valence-electron chi connectivity index (χ4n) is 5.34. The second kappa shape index (κ2) is 15.4. The van der Waals surface area contributed by atoms with Crippen LogP contribution in [0.3, 0.4) is 0 Å². The molecule has 240 valence electrons. The summed E-state index contributed by atoms with van der Waals surface area (Å²) in [6.45, 7) is 4.24. The number of hydrogen-bond donors (Lipinski definition) is 6.